The molecule has 1 amide bonds. The van der Waals surface area contributed by atoms with Crippen molar-refractivity contribution < 1.29 is 9.59 Å². The molecule has 5 nitrogen and oxygen atoms in total. The number of likely N-dealkylation sites (N-methyl/N-ethyl adjacent to an activating group) is 1. The molecule has 0 saturated heterocycles. The first-order valence-corrected chi connectivity index (χ1v) is 8.76. The van der Waals surface area contributed by atoms with Crippen LogP contribution in [0.2, 0.25) is 0 Å². The van der Waals surface area contributed by atoms with Gasteiger partial charge in [0, 0.05) is 38.0 Å². The van der Waals surface area contributed by atoms with Crippen LogP contribution in [0.3, 0.4) is 0 Å². The molecule has 3 heterocycles. The SMILES string of the molecule is CCN1CC2c3c(c4ccccc4n3C1=O)CCN2CCC(C)=O.Cl. The first kappa shape index (κ1) is 18.0. The minimum atomic E-state index is 0. The number of hydrogen-bond donors (Lipinski definition) is 0. The highest BCUT2D eigenvalue weighted by atomic mass is 35.5. The summed E-state index contributed by atoms with van der Waals surface area (Å²) in [6, 6.07) is 8.49. The van der Waals surface area contributed by atoms with Gasteiger partial charge < -0.3 is 4.90 Å². The van der Waals surface area contributed by atoms with Gasteiger partial charge in [-0.15, -0.1) is 12.4 Å². The van der Waals surface area contributed by atoms with Gasteiger partial charge >= 0.3 is 6.03 Å². The second-order valence-electron chi connectivity index (χ2n) is 6.79. The van der Waals surface area contributed by atoms with Gasteiger partial charge in [0.2, 0.25) is 0 Å². The topological polar surface area (TPSA) is 45.6 Å². The van der Waals surface area contributed by atoms with Crippen molar-refractivity contribution in [3.8, 4) is 0 Å². The third-order valence-electron chi connectivity index (χ3n) is 5.41. The molecule has 0 spiro atoms. The summed E-state index contributed by atoms with van der Waals surface area (Å²) in [5.74, 6) is 0.223. The molecule has 1 atom stereocenters. The van der Waals surface area contributed by atoms with E-state index in [1.54, 1.807) is 6.92 Å². The van der Waals surface area contributed by atoms with Gasteiger partial charge in [0.1, 0.15) is 5.78 Å². The quantitative estimate of drug-likeness (QED) is 0.839. The Kier molecular flexibility index (Phi) is 4.89. The molecular formula is C19H24ClN3O2. The zero-order chi connectivity index (χ0) is 16.8. The zero-order valence-corrected chi connectivity index (χ0v) is 15.5. The number of carbonyl (C=O) groups excluding carboxylic acids is 2. The standard InChI is InChI=1S/C19H23N3O2.ClH/c1-3-20-12-17-18-15(9-11-21(17)10-8-13(2)23)14-6-4-5-7-16(14)22(18)19(20)24;/h4-7,17H,3,8-12H2,1-2H3;1H. The highest BCUT2D eigenvalue weighted by Gasteiger charge is 2.40. The van der Waals surface area contributed by atoms with Crippen molar-refractivity contribution in [2.75, 3.05) is 26.2 Å². The maximum atomic E-state index is 12.9. The van der Waals surface area contributed by atoms with Crippen molar-refractivity contribution in [2.45, 2.75) is 32.7 Å². The van der Waals surface area contributed by atoms with E-state index >= 15 is 0 Å². The highest BCUT2D eigenvalue weighted by Crippen LogP contribution is 2.40. The molecule has 1 aromatic heterocycles. The maximum Gasteiger partial charge on any atom is 0.328 e. The molecule has 1 aromatic carbocycles. The van der Waals surface area contributed by atoms with Crippen LogP contribution in [0, 0.1) is 0 Å². The van der Waals surface area contributed by atoms with Crippen molar-refractivity contribution in [3.63, 3.8) is 0 Å². The zero-order valence-electron chi connectivity index (χ0n) is 14.7. The predicted octanol–water partition coefficient (Wildman–Crippen LogP) is 3.25. The number of rotatable bonds is 4. The molecule has 4 rings (SSSR count). The molecule has 25 heavy (non-hydrogen) atoms. The van der Waals surface area contributed by atoms with Crippen molar-refractivity contribution >= 4 is 35.1 Å². The average Bonchev–Trinajstić information content (AvgIpc) is 2.92. The van der Waals surface area contributed by atoms with E-state index in [0.717, 1.165) is 37.3 Å². The van der Waals surface area contributed by atoms with Crippen LogP contribution in [0.5, 0.6) is 0 Å². The number of benzene rings is 1. The minimum Gasteiger partial charge on any atom is -0.322 e. The van der Waals surface area contributed by atoms with Crippen molar-refractivity contribution in [1.29, 1.82) is 0 Å². The predicted molar refractivity (Wildman–Crippen MR) is 101 cm³/mol. The lowest BCUT2D eigenvalue weighted by Gasteiger charge is -2.42. The van der Waals surface area contributed by atoms with Gasteiger partial charge in [-0.2, -0.15) is 0 Å². The Morgan fingerprint density at radius 2 is 2.04 bits per heavy atom. The van der Waals surface area contributed by atoms with E-state index in [1.807, 2.05) is 34.6 Å². The van der Waals surface area contributed by atoms with Gasteiger partial charge in [-0.3, -0.25) is 14.3 Å². The normalized spacial score (nSPS) is 19.7. The molecule has 134 valence electrons. The third-order valence-corrected chi connectivity index (χ3v) is 5.41. The number of halogens is 1. The Labute approximate surface area is 154 Å². The molecule has 2 aliphatic heterocycles. The number of aromatic nitrogens is 1. The largest absolute Gasteiger partial charge is 0.328 e. The number of ketones is 1. The minimum absolute atomic E-state index is 0. The van der Waals surface area contributed by atoms with Crippen LogP contribution in [0.1, 0.15) is 37.6 Å². The monoisotopic (exact) mass is 361 g/mol. The smallest absolute Gasteiger partial charge is 0.322 e. The Morgan fingerprint density at radius 1 is 1.28 bits per heavy atom. The number of para-hydroxylation sites is 1. The van der Waals surface area contributed by atoms with E-state index in [9.17, 15) is 9.59 Å². The molecule has 6 heteroatoms. The summed E-state index contributed by atoms with van der Waals surface area (Å²) >= 11 is 0. The lowest BCUT2D eigenvalue weighted by atomic mass is 9.95. The van der Waals surface area contributed by atoms with E-state index < -0.39 is 0 Å². The molecule has 0 bridgehead atoms. The number of nitrogens with zero attached hydrogens (tertiary/aromatic N) is 3. The summed E-state index contributed by atoms with van der Waals surface area (Å²) in [7, 11) is 0. The average molecular weight is 362 g/mol. The lowest BCUT2D eigenvalue weighted by molar-refractivity contribution is -0.117. The number of hydrogen-bond acceptors (Lipinski definition) is 3. The van der Waals surface area contributed by atoms with Gasteiger partial charge in [-0.05, 0) is 31.9 Å². The summed E-state index contributed by atoms with van der Waals surface area (Å²) in [5, 5.41) is 1.20. The van der Waals surface area contributed by atoms with Crippen molar-refractivity contribution in [3.05, 3.63) is 35.5 Å². The van der Waals surface area contributed by atoms with Gasteiger partial charge in [-0.1, -0.05) is 18.2 Å². The molecule has 0 fully saturated rings. The fraction of sp³-hybridized carbons (Fsp3) is 0.474. The summed E-state index contributed by atoms with van der Waals surface area (Å²) in [4.78, 5) is 28.7. The Bertz CT molecular complexity index is 829. The lowest BCUT2D eigenvalue weighted by Crippen LogP contribution is -2.51. The van der Waals surface area contributed by atoms with E-state index in [2.05, 4.69) is 11.0 Å². The number of Topliss-reactive ketones (excluding diaryl/α,β-unsaturated/α-hetero) is 1. The summed E-state index contributed by atoms with van der Waals surface area (Å²) < 4.78 is 1.92. The Hall–Kier alpha value is -1.85. The summed E-state index contributed by atoms with van der Waals surface area (Å²) in [6.45, 7) is 6.82. The van der Waals surface area contributed by atoms with Crippen LogP contribution in [0.25, 0.3) is 10.9 Å². The molecule has 2 aliphatic rings. The van der Waals surface area contributed by atoms with Gasteiger partial charge in [0.05, 0.1) is 17.3 Å². The molecular weight excluding hydrogens is 338 g/mol. The molecule has 0 aliphatic carbocycles. The second kappa shape index (κ2) is 6.81. The van der Waals surface area contributed by atoms with Crippen LogP contribution < -0.4 is 0 Å². The first-order chi connectivity index (χ1) is 11.6. The number of amides is 1. The second-order valence-corrected chi connectivity index (χ2v) is 6.79. The van der Waals surface area contributed by atoms with Crippen molar-refractivity contribution in [1.82, 2.24) is 14.4 Å². The van der Waals surface area contributed by atoms with Crippen LogP contribution in [0.4, 0.5) is 4.79 Å². The summed E-state index contributed by atoms with van der Waals surface area (Å²) in [5.41, 5.74) is 3.49. The van der Waals surface area contributed by atoms with Crippen LogP contribution in [-0.4, -0.2) is 52.4 Å². The van der Waals surface area contributed by atoms with E-state index in [4.69, 9.17) is 0 Å². The van der Waals surface area contributed by atoms with Gasteiger partial charge in [0.25, 0.3) is 0 Å². The summed E-state index contributed by atoms with van der Waals surface area (Å²) in [6.07, 6.45) is 1.52. The van der Waals surface area contributed by atoms with Crippen LogP contribution in [-0.2, 0) is 11.2 Å². The van der Waals surface area contributed by atoms with E-state index in [0.29, 0.717) is 13.0 Å². The van der Waals surface area contributed by atoms with Crippen LogP contribution in [0.15, 0.2) is 24.3 Å². The van der Waals surface area contributed by atoms with Gasteiger partial charge in [0.15, 0.2) is 0 Å². The fourth-order valence-electron chi connectivity index (χ4n) is 4.19. The number of fused-ring (bicyclic) bond motifs is 3. The third kappa shape index (κ3) is 2.75. The van der Waals surface area contributed by atoms with E-state index in [1.165, 1.54) is 10.9 Å². The molecule has 0 radical (unpaired) electrons. The molecule has 0 saturated carbocycles. The first-order valence-electron chi connectivity index (χ1n) is 8.76. The maximum absolute atomic E-state index is 12.9. The highest BCUT2D eigenvalue weighted by molar-refractivity contribution is 5.96. The van der Waals surface area contributed by atoms with E-state index in [-0.39, 0.29) is 30.3 Å². The Morgan fingerprint density at radius 3 is 2.76 bits per heavy atom. The molecule has 0 N–H and O–H groups in total. The Balaban J connectivity index is 0.00000182. The van der Waals surface area contributed by atoms with Crippen LogP contribution >= 0.6 is 12.4 Å². The number of carbonyl (C=O) groups is 2. The van der Waals surface area contributed by atoms with Crippen molar-refractivity contribution in [2.24, 2.45) is 0 Å². The fourth-order valence-corrected chi connectivity index (χ4v) is 4.19. The van der Waals surface area contributed by atoms with Gasteiger partial charge in [-0.25, -0.2) is 4.79 Å². The molecule has 2 aromatic rings. The molecule has 1 unspecified atom stereocenters.